The lowest BCUT2D eigenvalue weighted by molar-refractivity contribution is -0.126. The molecule has 0 fully saturated rings. The van der Waals surface area contributed by atoms with E-state index in [2.05, 4.69) is 5.32 Å². The molecule has 0 aliphatic rings. The molecule has 1 amide bonds. The summed E-state index contributed by atoms with van der Waals surface area (Å²) in [5, 5.41) is 2.81. The average molecular weight is 346 g/mol. The maximum Gasteiger partial charge on any atom is 0.244 e. The zero-order valence-corrected chi connectivity index (χ0v) is 14.6. The molecule has 3 N–H and O–H groups in total. The predicted molar refractivity (Wildman–Crippen MR) is 94.8 cm³/mol. The number of hydrogen-bond acceptors (Lipinski definition) is 4. The van der Waals surface area contributed by atoms with Gasteiger partial charge in [-0.25, -0.2) is 8.42 Å². The van der Waals surface area contributed by atoms with Gasteiger partial charge in [-0.3, -0.25) is 4.79 Å². The average Bonchev–Trinajstić information content (AvgIpc) is 2.53. The van der Waals surface area contributed by atoms with Crippen LogP contribution >= 0.6 is 0 Å². The van der Waals surface area contributed by atoms with E-state index >= 15 is 0 Å². The van der Waals surface area contributed by atoms with Crippen LogP contribution in [-0.4, -0.2) is 20.6 Å². The normalized spacial score (nSPS) is 14.0. The van der Waals surface area contributed by atoms with Crippen molar-refractivity contribution in [2.24, 2.45) is 5.73 Å². The molecule has 0 saturated heterocycles. The molecule has 1 atom stereocenters. The summed E-state index contributed by atoms with van der Waals surface area (Å²) in [4.78, 5) is 12.5. The number of amides is 1. The van der Waals surface area contributed by atoms with Gasteiger partial charge in [-0.1, -0.05) is 54.6 Å². The standard InChI is InChI=1S/C18H22N2O3S/c1-18(19,16-10-4-3-5-11-16)17(21)20-12-14-8-6-7-9-15(14)13-24(2,22)23/h3-11H,12-13,19H2,1-2H3,(H,20,21). The molecule has 0 radical (unpaired) electrons. The van der Waals surface area contributed by atoms with E-state index in [1.807, 2.05) is 24.3 Å². The molecule has 0 saturated carbocycles. The van der Waals surface area contributed by atoms with Crippen LogP contribution in [0.25, 0.3) is 0 Å². The molecule has 0 aliphatic carbocycles. The van der Waals surface area contributed by atoms with Crippen molar-refractivity contribution in [2.45, 2.75) is 24.8 Å². The van der Waals surface area contributed by atoms with Crippen molar-refractivity contribution >= 4 is 15.7 Å². The Morgan fingerprint density at radius 1 is 1.04 bits per heavy atom. The summed E-state index contributed by atoms with van der Waals surface area (Å²) in [6.45, 7) is 1.88. The minimum absolute atomic E-state index is 0.0579. The molecular weight excluding hydrogens is 324 g/mol. The number of nitrogens with one attached hydrogen (secondary N) is 1. The van der Waals surface area contributed by atoms with Gasteiger partial charge in [-0.15, -0.1) is 0 Å². The number of sulfone groups is 1. The van der Waals surface area contributed by atoms with Gasteiger partial charge in [0.1, 0.15) is 5.54 Å². The first-order valence-electron chi connectivity index (χ1n) is 7.57. The maximum absolute atomic E-state index is 12.5. The topological polar surface area (TPSA) is 89.3 Å². The minimum atomic E-state index is -3.15. The van der Waals surface area contributed by atoms with E-state index in [-0.39, 0.29) is 18.2 Å². The fourth-order valence-electron chi connectivity index (χ4n) is 2.43. The van der Waals surface area contributed by atoms with Crippen molar-refractivity contribution in [3.8, 4) is 0 Å². The molecule has 5 nitrogen and oxygen atoms in total. The highest BCUT2D eigenvalue weighted by Gasteiger charge is 2.30. The number of benzene rings is 2. The van der Waals surface area contributed by atoms with Gasteiger partial charge < -0.3 is 11.1 Å². The van der Waals surface area contributed by atoms with Crippen LogP contribution in [0, 0.1) is 0 Å². The van der Waals surface area contributed by atoms with Gasteiger partial charge in [0.25, 0.3) is 0 Å². The molecule has 1 unspecified atom stereocenters. The van der Waals surface area contributed by atoms with Crippen LogP contribution in [0.5, 0.6) is 0 Å². The molecule has 0 bridgehead atoms. The van der Waals surface area contributed by atoms with Gasteiger partial charge in [0.15, 0.2) is 9.84 Å². The van der Waals surface area contributed by atoms with Crippen LogP contribution < -0.4 is 11.1 Å². The van der Waals surface area contributed by atoms with Crippen LogP contribution in [-0.2, 0) is 32.5 Å². The Hall–Kier alpha value is -2.18. The molecule has 24 heavy (non-hydrogen) atoms. The third-order valence-electron chi connectivity index (χ3n) is 3.82. The predicted octanol–water partition coefficient (Wildman–Crippen LogP) is 1.72. The zero-order chi connectivity index (χ0) is 17.8. The highest BCUT2D eigenvalue weighted by atomic mass is 32.2. The van der Waals surface area contributed by atoms with E-state index in [4.69, 9.17) is 5.73 Å². The number of carbonyl (C=O) groups excluding carboxylic acids is 1. The second-order valence-corrected chi connectivity index (χ2v) is 8.23. The summed E-state index contributed by atoms with van der Waals surface area (Å²) >= 11 is 0. The molecule has 2 aromatic carbocycles. The number of hydrogen-bond donors (Lipinski definition) is 2. The van der Waals surface area contributed by atoms with Crippen LogP contribution in [0.1, 0.15) is 23.6 Å². The van der Waals surface area contributed by atoms with Crippen molar-refractivity contribution in [1.29, 1.82) is 0 Å². The molecular formula is C18H22N2O3S. The highest BCUT2D eigenvalue weighted by molar-refractivity contribution is 7.89. The minimum Gasteiger partial charge on any atom is -0.350 e. The molecule has 0 aromatic heterocycles. The van der Waals surface area contributed by atoms with Crippen LogP contribution in [0.15, 0.2) is 54.6 Å². The van der Waals surface area contributed by atoms with Crippen LogP contribution in [0.4, 0.5) is 0 Å². The Morgan fingerprint density at radius 3 is 2.17 bits per heavy atom. The van der Waals surface area contributed by atoms with Gasteiger partial charge in [0.2, 0.25) is 5.91 Å². The molecule has 6 heteroatoms. The fraction of sp³-hybridized carbons (Fsp3) is 0.278. The Balaban J connectivity index is 2.12. The number of carbonyl (C=O) groups is 1. The van der Waals surface area contributed by atoms with Crippen LogP contribution in [0.3, 0.4) is 0 Å². The Morgan fingerprint density at radius 2 is 1.58 bits per heavy atom. The van der Waals surface area contributed by atoms with Crippen molar-refractivity contribution in [3.05, 3.63) is 71.3 Å². The van der Waals surface area contributed by atoms with Crippen molar-refractivity contribution in [2.75, 3.05) is 6.26 Å². The second kappa shape index (κ2) is 7.15. The first kappa shape index (κ1) is 18.2. The smallest absolute Gasteiger partial charge is 0.244 e. The largest absolute Gasteiger partial charge is 0.350 e. The summed E-state index contributed by atoms with van der Waals surface area (Å²) in [5.74, 6) is -0.375. The first-order chi connectivity index (χ1) is 11.2. The summed E-state index contributed by atoms with van der Waals surface area (Å²) in [6.07, 6.45) is 1.19. The van der Waals surface area contributed by atoms with Gasteiger partial charge in [0, 0.05) is 12.8 Å². The van der Waals surface area contributed by atoms with E-state index < -0.39 is 15.4 Å². The molecule has 2 aromatic rings. The van der Waals surface area contributed by atoms with Crippen molar-refractivity contribution in [1.82, 2.24) is 5.32 Å². The summed E-state index contributed by atoms with van der Waals surface area (Å²) in [5.41, 5.74) is 7.18. The molecule has 0 spiro atoms. The monoisotopic (exact) mass is 346 g/mol. The second-order valence-electron chi connectivity index (χ2n) is 6.09. The zero-order valence-electron chi connectivity index (χ0n) is 13.8. The SMILES string of the molecule is CC(N)(C(=O)NCc1ccccc1CS(C)(=O)=O)c1ccccc1. The summed E-state index contributed by atoms with van der Waals surface area (Å²) in [6, 6.07) is 16.3. The van der Waals surface area contributed by atoms with E-state index in [9.17, 15) is 13.2 Å². The Kier molecular flexibility index (Phi) is 5.41. The van der Waals surface area contributed by atoms with Gasteiger partial charge >= 0.3 is 0 Å². The first-order valence-corrected chi connectivity index (χ1v) is 9.63. The molecule has 0 aliphatic heterocycles. The van der Waals surface area contributed by atoms with Crippen molar-refractivity contribution < 1.29 is 13.2 Å². The Labute approximate surface area is 142 Å². The van der Waals surface area contributed by atoms with E-state index in [0.717, 1.165) is 5.56 Å². The fourth-order valence-corrected chi connectivity index (χ4v) is 3.27. The van der Waals surface area contributed by atoms with E-state index in [1.165, 1.54) is 6.26 Å². The van der Waals surface area contributed by atoms with E-state index in [1.54, 1.807) is 37.3 Å². The lowest BCUT2D eigenvalue weighted by atomic mass is 9.92. The van der Waals surface area contributed by atoms with Gasteiger partial charge in [-0.05, 0) is 23.6 Å². The quantitative estimate of drug-likeness (QED) is 0.833. The highest BCUT2D eigenvalue weighted by Crippen LogP contribution is 2.18. The molecule has 128 valence electrons. The van der Waals surface area contributed by atoms with Crippen LogP contribution in [0.2, 0.25) is 0 Å². The van der Waals surface area contributed by atoms with E-state index in [0.29, 0.717) is 11.1 Å². The lowest BCUT2D eigenvalue weighted by Crippen LogP contribution is -2.48. The lowest BCUT2D eigenvalue weighted by Gasteiger charge is -2.24. The number of rotatable bonds is 6. The molecule has 2 rings (SSSR count). The molecule has 0 heterocycles. The summed E-state index contributed by atoms with van der Waals surface area (Å²) < 4.78 is 23.1. The third kappa shape index (κ3) is 4.66. The van der Waals surface area contributed by atoms with Crippen molar-refractivity contribution in [3.63, 3.8) is 0 Å². The Bertz CT molecular complexity index is 815. The maximum atomic E-state index is 12.5. The number of nitrogens with two attached hydrogens (primary N) is 1. The summed E-state index contributed by atoms with van der Waals surface area (Å²) in [7, 11) is -3.15. The third-order valence-corrected chi connectivity index (χ3v) is 4.66. The van der Waals surface area contributed by atoms with Gasteiger partial charge in [-0.2, -0.15) is 0 Å². The van der Waals surface area contributed by atoms with Gasteiger partial charge in [0.05, 0.1) is 5.75 Å².